The molecule has 0 bridgehead atoms. The van der Waals surface area contributed by atoms with Crippen LogP contribution >= 0.6 is 15.9 Å². The van der Waals surface area contributed by atoms with Gasteiger partial charge in [0, 0.05) is 39.4 Å². The summed E-state index contributed by atoms with van der Waals surface area (Å²) in [5.74, 6) is -0.160. The molecule has 0 fully saturated rings. The third-order valence-electron chi connectivity index (χ3n) is 4.69. The molecule has 0 aliphatic heterocycles. The van der Waals surface area contributed by atoms with Crippen LogP contribution in [0.4, 0.5) is 0 Å². The van der Waals surface area contributed by atoms with Gasteiger partial charge in [0.2, 0.25) is 0 Å². The Labute approximate surface area is 171 Å². The van der Waals surface area contributed by atoms with Crippen LogP contribution in [-0.4, -0.2) is 48.0 Å². The number of amides is 1. The van der Waals surface area contributed by atoms with Gasteiger partial charge in [0.05, 0.1) is 11.2 Å². The summed E-state index contributed by atoms with van der Waals surface area (Å²) < 4.78 is 1.00. The van der Waals surface area contributed by atoms with Crippen molar-refractivity contribution in [2.24, 2.45) is 0 Å². The highest BCUT2D eigenvalue weighted by molar-refractivity contribution is 9.10. The first-order chi connectivity index (χ1) is 13.5. The van der Waals surface area contributed by atoms with Gasteiger partial charge in [-0.2, -0.15) is 0 Å². The first-order valence-corrected chi connectivity index (χ1v) is 9.92. The molecule has 0 spiro atoms. The molecule has 0 atom stereocenters. The van der Waals surface area contributed by atoms with E-state index in [1.807, 2.05) is 67.5 Å². The van der Waals surface area contributed by atoms with E-state index in [1.54, 1.807) is 0 Å². The van der Waals surface area contributed by atoms with Crippen LogP contribution in [0, 0.1) is 0 Å². The molecule has 0 aliphatic rings. The molecular weight excluding hydrogens is 416 g/mol. The number of rotatable bonds is 5. The smallest absolute Gasteiger partial charge is 0.269 e. The lowest BCUT2D eigenvalue weighted by molar-refractivity contribution is 0.0946. The lowest BCUT2D eigenvalue weighted by atomic mass is 10.1. The maximum absolute atomic E-state index is 12.8. The Hall–Kier alpha value is -2.70. The van der Waals surface area contributed by atoms with Crippen molar-refractivity contribution in [3.63, 3.8) is 0 Å². The molecule has 5 nitrogen and oxygen atoms in total. The van der Waals surface area contributed by atoms with Crippen LogP contribution in [0.5, 0.6) is 0 Å². The van der Waals surface area contributed by atoms with Gasteiger partial charge in [-0.3, -0.25) is 4.79 Å². The highest BCUT2D eigenvalue weighted by atomic mass is 79.9. The molecule has 2 N–H and O–H groups in total. The molecule has 2 aromatic carbocycles. The zero-order chi connectivity index (χ0) is 19.7. The molecule has 2 heterocycles. The number of hydrogen-bond donors (Lipinski definition) is 2. The summed E-state index contributed by atoms with van der Waals surface area (Å²) in [6.07, 6.45) is 0. The SMILES string of the molecule is CN(C)CCNC(=O)c1cc2c([nH]c3ccccc32)c(-c2ccc(Br)cc2)n1. The number of benzene rings is 2. The number of nitrogens with zero attached hydrogens (tertiary/aromatic N) is 2. The average molecular weight is 437 g/mol. The topological polar surface area (TPSA) is 61.0 Å². The maximum Gasteiger partial charge on any atom is 0.269 e. The van der Waals surface area contributed by atoms with E-state index in [2.05, 4.69) is 32.3 Å². The number of nitrogens with one attached hydrogen (secondary N) is 2. The van der Waals surface area contributed by atoms with Crippen LogP contribution in [0.25, 0.3) is 33.1 Å². The Morgan fingerprint density at radius 3 is 2.61 bits per heavy atom. The molecule has 2 aromatic heterocycles. The number of H-pyrrole nitrogens is 1. The third kappa shape index (κ3) is 3.66. The summed E-state index contributed by atoms with van der Waals surface area (Å²) in [5.41, 5.74) is 4.13. The van der Waals surface area contributed by atoms with Gasteiger partial charge < -0.3 is 15.2 Å². The second-order valence-electron chi connectivity index (χ2n) is 7.02. The molecular formula is C22H21BrN4O. The fourth-order valence-electron chi connectivity index (χ4n) is 3.26. The number of pyridine rings is 1. The van der Waals surface area contributed by atoms with Crippen LogP contribution in [0.2, 0.25) is 0 Å². The van der Waals surface area contributed by atoms with Crippen molar-refractivity contribution in [1.82, 2.24) is 20.2 Å². The number of para-hydroxylation sites is 1. The van der Waals surface area contributed by atoms with Crippen molar-refractivity contribution in [3.05, 3.63) is 64.8 Å². The highest BCUT2D eigenvalue weighted by Gasteiger charge is 2.16. The quantitative estimate of drug-likeness (QED) is 0.486. The summed E-state index contributed by atoms with van der Waals surface area (Å²) in [5, 5.41) is 5.05. The van der Waals surface area contributed by atoms with E-state index >= 15 is 0 Å². The number of carbonyl (C=O) groups is 1. The summed E-state index contributed by atoms with van der Waals surface area (Å²) >= 11 is 3.48. The van der Waals surface area contributed by atoms with Crippen molar-refractivity contribution in [1.29, 1.82) is 0 Å². The lowest BCUT2D eigenvalue weighted by Gasteiger charge is -2.11. The summed E-state index contributed by atoms with van der Waals surface area (Å²) in [6.45, 7) is 1.35. The van der Waals surface area contributed by atoms with Crippen LogP contribution in [0.1, 0.15) is 10.5 Å². The number of aromatic amines is 1. The first kappa shape index (κ1) is 18.7. The van der Waals surface area contributed by atoms with Crippen molar-refractivity contribution >= 4 is 43.6 Å². The van der Waals surface area contributed by atoms with E-state index in [4.69, 9.17) is 4.98 Å². The van der Waals surface area contributed by atoms with Crippen LogP contribution < -0.4 is 5.32 Å². The van der Waals surface area contributed by atoms with Gasteiger partial charge in [0.15, 0.2) is 0 Å². The minimum Gasteiger partial charge on any atom is -0.353 e. The molecule has 0 saturated heterocycles. The van der Waals surface area contributed by atoms with Crippen molar-refractivity contribution in [3.8, 4) is 11.3 Å². The number of carbonyl (C=O) groups excluding carboxylic acids is 1. The van der Waals surface area contributed by atoms with Gasteiger partial charge in [-0.05, 0) is 38.4 Å². The van der Waals surface area contributed by atoms with Crippen molar-refractivity contribution in [2.75, 3.05) is 27.2 Å². The van der Waals surface area contributed by atoms with Crippen LogP contribution in [0.3, 0.4) is 0 Å². The van der Waals surface area contributed by atoms with Gasteiger partial charge in [-0.15, -0.1) is 0 Å². The molecule has 28 heavy (non-hydrogen) atoms. The van der Waals surface area contributed by atoms with Gasteiger partial charge in [-0.25, -0.2) is 4.98 Å². The summed E-state index contributed by atoms with van der Waals surface area (Å²) in [7, 11) is 3.96. The zero-order valence-electron chi connectivity index (χ0n) is 15.8. The molecule has 0 saturated carbocycles. The van der Waals surface area contributed by atoms with Gasteiger partial charge in [-0.1, -0.05) is 46.3 Å². The summed E-state index contributed by atoms with van der Waals surface area (Å²) in [4.78, 5) is 23.0. The molecule has 0 radical (unpaired) electrons. The Bertz CT molecular complexity index is 1150. The predicted molar refractivity (Wildman–Crippen MR) is 118 cm³/mol. The lowest BCUT2D eigenvalue weighted by Crippen LogP contribution is -2.31. The van der Waals surface area contributed by atoms with Gasteiger partial charge in [0.1, 0.15) is 5.69 Å². The van der Waals surface area contributed by atoms with E-state index in [0.29, 0.717) is 12.2 Å². The monoisotopic (exact) mass is 436 g/mol. The molecule has 0 unspecified atom stereocenters. The van der Waals surface area contributed by atoms with Crippen LogP contribution in [-0.2, 0) is 0 Å². The zero-order valence-corrected chi connectivity index (χ0v) is 17.4. The minimum absolute atomic E-state index is 0.160. The van der Waals surface area contributed by atoms with Gasteiger partial charge >= 0.3 is 0 Å². The minimum atomic E-state index is -0.160. The van der Waals surface area contributed by atoms with E-state index in [9.17, 15) is 4.79 Å². The number of halogens is 1. The van der Waals surface area contributed by atoms with Gasteiger partial charge in [0.25, 0.3) is 5.91 Å². The van der Waals surface area contributed by atoms with E-state index < -0.39 is 0 Å². The number of hydrogen-bond acceptors (Lipinski definition) is 3. The van der Waals surface area contributed by atoms with E-state index in [0.717, 1.165) is 44.1 Å². The normalized spacial score (nSPS) is 11.4. The van der Waals surface area contributed by atoms with E-state index in [-0.39, 0.29) is 5.91 Å². The Morgan fingerprint density at radius 2 is 1.86 bits per heavy atom. The van der Waals surface area contributed by atoms with E-state index in [1.165, 1.54) is 0 Å². The number of likely N-dealkylation sites (N-methyl/N-ethyl adjacent to an activating group) is 1. The molecule has 4 aromatic rings. The molecule has 6 heteroatoms. The Kier molecular flexibility index (Phi) is 5.15. The molecule has 4 rings (SSSR count). The average Bonchev–Trinajstić information content (AvgIpc) is 3.06. The van der Waals surface area contributed by atoms with Crippen LogP contribution in [0.15, 0.2) is 59.1 Å². The molecule has 1 amide bonds. The fraction of sp³-hybridized carbons (Fsp3) is 0.182. The molecule has 0 aliphatic carbocycles. The largest absolute Gasteiger partial charge is 0.353 e. The first-order valence-electron chi connectivity index (χ1n) is 9.13. The maximum atomic E-state index is 12.8. The van der Waals surface area contributed by atoms with Crippen molar-refractivity contribution in [2.45, 2.75) is 0 Å². The Morgan fingerprint density at radius 1 is 1.11 bits per heavy atom. The molecule has 142 valence electrons. The number of fused-ring (bicyclic) bond motifs is 3. The van der Waals surface area contributed by atoms with Crippen molar-refractivity contribution < 1.29 is 4.79 Å². The second kappa shape index (κ2) is 7.73. The standard InChI is InChI=1S/C22H21BrN4O/c1-27(2)12-11-24-22(28)19-13-17-16-5-3-4-6-18(16)25-21(17)20(26-19)14-7-9-15(23)10-8-14/h3-10,13,25H,11-12H2,1-2H3,(H,24,28). The second-order valence-corrected chi connectivity index (χ2v) is 7.93. The number of aromatic nitrogens is 2. The fourth-order valence-corrected chi connectivity index (χ4v) is 3.53. The Balaban J connectivity index is 1.85. The predicted octanol–water partition coefficient (Wildman–Crippen LogP) is 4.44. The highest BCUT2D eigenvalue weighted by Crippen LogP contribution is 2.33. The summed E-state index contributed by atoms with van der Waals surface area (Å²) in [6, 6.07) is 18.0. The third-order valence-corrected chi connectivity index (χ3v) is 5.22.